The zero-order chi connectivity index (χ0) is 54.4. The molecule has 6 aromatic rings. The maximum Gasteiger partial charge on any atom is 1.00 e. The number of benzene rings is 6. The summed E-state index contributed by atoms with van der Waals surface area (Å²) in [7, 11) is -21.0. The van der Waals surface area contributed by atoms with Crippen LogP contribution in [0.4, 0.5) is 68.2 Å². The summed E-state index contributed by atoms with van der Waals surface area (Å²) in [6, 6.07) is 22.4. The van der Waals surface area contributed by atoms with E-state index in [4.69, 9.17) is 22.9 Å². The van der Waals surface area contributed by atoms with E-state index < -0.39 is 88.8 Å². The summed E-state index contributed by atoms with van der Waals surface area (Å²) in [6.07, 6.45) is 1.81. The second kappa shape index (κ2) is 26.2. The van der Waals surface area contributed by atoms with Crippen LogP contribution in [0.25, 0.3) is 12.2 Å². The third kappa shape index (κ3) is 15.7. The van der Waals surface area contributed by atoms with Crippen LogP contribution in [0.3, 0.4) is 0 Å². The fourth-order valence-corrected chi connectivity index (χ4v) is 9.63. The van der Waals surface area contributed by atoms with E-state index in [1.54, 1.807) is 0 Å². The number of nitrogens with two attached hydrogens (primary N) is 4. The first kappa shape index (κ1) is 66.4. The van der Waals surface area contributed by atoms with Crippen LogP contribution in [0.1, 0.15) is 31.8 Å². The number of carbonyl (C=O) groups excluding carboxylic acids is 2. The molecule has 0 amide bonds. The van der Waals surface area contributed by atoms with Gasteiger partial charge in [-0.05, 0) is 120 Å². The molecule has 8 rings (SSSR count). The van der Waals surface area contributed by atoms with Gasteiger partial charge in [0.25, 0.3) is 0 Å². The predicted molar refractivity (Wildman–Crippen MR) is 270 cm³/mol. The Morgan fingerprint density at radius 3 is 1.35 bits per heavy atom. The van der Waals surface area contributed by atoms with E-state index in [2.05, 4.69) is 46.8 Å². The maximum atomic E-state index is 13.7. The number of nitrogen functional groups attached to an aromatic ring is 4. The van der Waals surface area contributed by atoms with Gasteiger partial charge < -0.3 is 46.5 Å². The number of nitrogens with zero attached hydrogens (tertiary/aromatic N) is 6. The Labute approximate surface area is 537 Å². The van der Waals surface area contributed by atoms with Crippen LogP contribution in [-0.2, 0) is 40.5 Å². The molecule has 0 unspecified atom stereocenters. The Balaban J connectivity index is 0.00000336. The fraction of sp³-hybridized carbons (Fsp3) is 0. The molecule has 0 bridgehead atoms. The molecule has 384 valence electrons. The molecule has 0 radical (unpaired) electrons. The van der Waals surface area contributed by atoms with Gasteiger partial charge in [0, 0.05) is 22.5 Å². The second-order valence-electron chi connectivity index (χ2n) is 15.8. The van der Waals surface area contributed by atoms with E-state index in [-0.39, 0.29) is 197 Å². The number of nitrogens with one attached hydrogen (secondary N) is 3. The minimum Gasteiger partial charge on any atom is -0.744 e. The van der Waals surface area contributed by atoms with E-state index in [0.717, 1.165) is 42.5 Å². The van der Waals surface area contributed by atoms with Crippen molar-refractivity contribution in [3.63, 3.8) is 0 Å². The number of Topliss-reactive ketones (excluding diaryl/α,β-unsaturated/α-hetero) is 2. The van der Waals surface area contributed by atoms with Crippen molar-refractivity contribution >= 4 is 144 Å². The van der Waals surface area contributed by atoms with E-state index in [0.29, 0.717) is 5.69 Å². The summed E-state index contributed by atoms with van der Waals surface area (Å²) < 4.78 is 146. The minimum atomic E-state index is -5.34. The summed E-state index contributed by atoms with van der Waals surface area (Å²) in [5.74, 6) is -2.09. The SMILES string of the molecule is Nc1ccc(N=Nc2ccc3c(c2)C(=O)/C(=N/Nc2ccc(Nc4ccc(N/N=C5/C(=O)c6cc(N=Nc7cc(S(=O)(=O)[O-])c(N)cc7N)ccc6C=C5S(=O)(=O)[O-])cc4)c(S(=O)(=O)[O-])c2)C(S(=O)(=O)[O-])=C3)c(N)c1.[Na+].[Na+].[Na+].[Na+]. The van der Waals surface area contributed by atoms with Gasteiger partial charge in [-0.3, -0.25) is 20.4 Å². The number of hydrogen-bond donors (Lipinski definition) is 7. The van der Waals surface area contributed by atoms with Gasteiger partial charge in [-0.1, -0.05) is 12.1 Å². The molecule has 2 aliphatic carbocycles. The largest absolute Gasteiger partial charge is 1.00 e. The zero-order valence-electron chi connectivity index (χ0n) is 41.4. The Kier molecular flexibility index (Phi) is 22.1. The van der Waals surface area contributed by atoms with Crippen LogP contribution < -0.4 is 157 Å². The maximum absolute atomic E-state index is 13.7. The molecule has 0 aromatic heterocycles. The number of fused-ring (bicyclic) bond motifs is 2. The third-order valence-corrected chi connectivity index (χ3v) is 14.1. The van der Waals surface area contributed by atoms with Crippen LogP contribution in [0.2, 0.25) is 0 Å². The number of azo groups is 2. The van der Waals surface area contributed by atoms with Crippen molar-refractivity contribution < 1.29 is 180 Å². The summed E-state index contributed by atoms with van der Waals surface area (Å²) >= 11 is 0. The van der Waals surface area contributed by atoms with Gasteiger partial charge in [-0.15, -0.1) is 10.2 Å². The molecule has 0 atom stereocenters. The Morgan fingerprint density at radius 2 is 0.873 bits per heavy atom. The molecule has 11 N–H and O–H groups in total. The summed E-state index contributed by atoms with van der Waals surface area (Å²) in [5, 5.41) is 26.3. The molecule has 0 aliphatic heterocycles. The molecule has 27 nitrogen and oxygen atoms in total. The topological polar surface area (TPSA) is 477 Å². The number of rotatable bonds is 14. The average molecular weight is 1190 g/mol. The molecule has 0 spiro atoms. The number of carbonyl (C=O) groups is 2. The van der Waals surface area contributed by atoms with Crippen molar-refractivity contribution in [3.05, 3.63) is 141 Å². The van der Waals surface area contributed by atoms with Crippen molar-refractivity contribution in [2.75, 3.05) is 39.1 Å². The van der Waals surface area contributed by atoms with Crippen LogP contribution in [0.5, 0.6) is 0 Å². The van der Waals surface area contributed by atoms with Crippen molar-refractivity contribution in [3.8, 4) is 0 Å². The molecule has 0 saturated heterocycles. The molecular formula is C44H31N13Na4O14S4. The monoisotopic (exact) mass is 1190 g/mol. The smallest absolute Gasteiger partial charge is 0.744 e. The standard InChI is InChI=1S/C44H35N13O14S4.4Na/c45-23-3-11-34(31(46)15-23)54-51-26-4-1-21-14-40(75(69,70)71)42(44(59)29(21)16-26)57-53-28-10-12-35(38(18-28)73(63,64)65)49-24-6-8-25(9-7-24)50-56-41-39(74(66,67)68)13-22-2-5-27(17-30(22)43(41)58)52-55-36-20-37(72(60,61)62)33(48)19-32(36)47;;;;/h1-20,49-50,53H,45-48H2,(H,60,61,62)(H,63,64,65)(H,66,67,68)(H,69,70,71);;;;/q;4*+1/p-4/b54-51?,55-52?,56-41+,57-42+;;;;. The molecular weight excluding hydrogens is 1150 g/mol. The van der Waals surface area contributed by atoms with E-state index in [1.165, 1.54) is 78.9 Å². The number of anilines is 8. The number of hydrazone groups is 2. The predicted octanol–water partition coefficient (Wildman–Crippen LogP) is -6.49. The number of allylic oxidation sites excluding steroid dienone is 2. The average Bonchev–Trinajstić information content (AvgIpc) is 3.33. The van der Waals surface area contributed by atoms with Crippen molar-refractivity contribution in [2.24, 2.45) is 30.7 Å². The van der Waals surface area contributed by atoms with Gasteiger partial charge in [0.2, 0.25) is 11.6 Å². The molecule has 0 saturated carbocycles. The Morgan fingerprint density at radius 1 is 0.418 bits per heavy atom. The van der Waals surface area contributed by atoms with Gasteiger partial charge in [0.15, 0.2) is 0 Å². The van der Waals surface area contributed by atoms with Crippen LogP contribution in [-0.4, -0.2) is 74.9 Å². The molecule has 35 heteroatoms. The van der Waals surface area contributed by atoms with Gasteiger partial charge in [-0.25, -0.2) is 33.7 Å². The van der Waals surface area contributed by atoms with E-state index in [9.17, 15) is 61.5 Å². The van der Waals surface area contributed by atoms with Crippen molar-refractivity contribution in [1.29, 1.82) is 0 Å². The number of hydrogen-bond acceptors (Lipinski definition) is 27. The van der Waals surface area contributed by atoms with Gasteiger partial charge >= 0.3 is 118 Å². The fourth-order valence-electron chi connectivity index (χ4n) is 7.07. The quantitative estimate of drug-likeness (QED) is 0.0175. The number of ketones is 2. The first-order chi connectivity index (χ1) is 35.1. The normalized spacial score (nSPS) is 14.4. The van der Waals surface area contributed by atoms with E-state index >= 15 is 0 Å². The van der Waals surface area contributed by atoms with Crippen molar-refractivity contribution in [2.45, 2.75) is 9.79 Å². The second-order valence-corrected chi connectivity index (χ2v) is 21.2. The first-order valence-corrected chi connectivity index (χ1v) is 26.3. The Bertz CT molecular complexity index is 4150. The zero-order valence-corrected chi connectivity index (χ0v) is 52.7. The van der Waals surface area contributed by atoms with Gasteiger partial charge in [0.1, 0.15) is 63.3 Å². The van der Waals surface area contributed by atoms with Crippen molar-refractivity contribution in [1.82, 2.24) is 0 Å². The summed E-state index contributed by atoms with van der Waals surface area (Å²) in [5.41, 5.74) is 25.7. The molecule has 0 heterocycles. The molecule has 6 aromatic carbocycles. The van der Waals surface area contributed by atoms with Crippen LogP contribution in [0, 0.1) is 0 Å². The summed E-state index contributed by atoms with van der Waals surface area (Å²) in [4.78, 5) is 23.7. The van der Waals surface area contributed by atoms with Gasteiger partial charge in [-0.2, -0.15) is 20.4 Å². The van der Waals surface area contributed by atoms with Gasteiger partial charge in [0.05, 0.1) is 65.1 Å². The minimum absolute atomic E-state index is 0. The molecule has 0 fully saturated rings. The van der Waals surface area contributed by atoms with Crippen LogP contribution in [0.15, 0.2) is 159 Å². The molecule has 79 heavy (non-hydrogen) atoms. The third-order valence-electron chi connectivity index (χ3n) is 10.6. The first-order valence-electron chi connectivity index (χ1n) is 20.7. The van der Waals surface area contributed by atoms with Crippen LogP contribution >= 0.6 is 0 Å². The Hall–Kier alpha value is -5.08. The molecule has 2 aliphatic rings. The summed E-state index contributed by atoms with van der Waals surface area (Å²) in [6.45, 7) is 0. The van der Waals surface area contributed by atoms with E-state index in [1.807, 2.05) is 0 Å².